The standard InChI is InChI=1S/C30H22F3N3O6S2/c1-42-20-11-5-15(6-12-20)22-23-24(27(40)36(26(23)39)18-4-2-3-16(13-18)30(31,32)33)43-28-25(22)44-29(41)35(28)14-21(38)34-17-7-9-19(37)10-8-17/h2-13,22-24,37H,14H2,1H3,(H,34,38). The Hall–Kier alpha value is -4.56. The predicted octanol–water partition coefficient (Wildman–Crippen LogP) is 5.08. The van der Waals surface area contributed by atoms with Crippen LogP contribution in [0.3, 0.4) is 0 Å². The van der Waals surface area contributed by atoms with Crippen molar-refractivity contribution < 1.29 is 37.4 Å². The maximum atomic E-state index is 13.9. The lowest BCUT2D eigenvalue weighted by molar-refractivity contribution is -0.137. The number of nitrogens with one attached hydrogen (secondary N) is 1. The van der Waals surface area contributed by atoms with Gasteiger partial charge in [-0.05, 0) is 60.2 Å². The van der Waals surface area contributed by atoms with E-state index in [-0.39, 0.29) is 11.4 Å². The quantitative estimate of drug-likeness (QED) is 0.223. The summed E-state index contributed by atoms with van der Waals surface area (Å²) in [5.74, 6) is -3.22. The number of aromatic nitrogens is 1. The van der Waals surface area contributed by atoms with E-state index >= 15 is 0 Å². The summed E-state index contributed by atoms with van der Waals surface area (Å²) in [6, 6.07) is 16.5. The number of phenolic OH excluding ortho intramolecular Hbond substituents is 1. The van der Waals surface area contributed by atoms with Crippen LogP contribution in [0.25, 0.3) is 0 Å². The molecule has 2 aliphatic rings. The molecule has 6 rings (SSSR count). The Bertz CT molecular complexity index is 1840. The van der Waals surface area contributed by atoms with Gasteiger partial charge in [-0.15, -0.1) is 0 Å². The van der Waals surface area contributed by atoms with E-state index in [0.29, 0.717) is 26.9 Å². The van der Waals surface area contributed by atoms with E-state index in [0.717, 1.165) is 46.2 Å². The molecule has 0 spiro atoms. The highest BCUT2D eigenvalue weighted by Gasteiger charge is 2.57. The second-order valence-electron chi connectivity index (χ2n) is 10.1. The lowest BCUT2D eigenvalue weighted by Gasteiger charge is -2.30. The number of phenols is 1. The molecule has 0 bridgehead atoms. The van der Waals surface area contributed by atoms with Crippen molar-refractivity contribution >= 4 is 52.2 Å². The van der Waals surface area contributed by atoms with Crippen molar-refractivity contribution in [1.29, 1.82) is 0 Å². The first-order valence-electron chi connectivity index (χ1n) is 13.1. The predicted molar refractivity (Wildman–Crippen MR) is 157 cm³/mol. The number of alkyl halides is 3. The molecule has 2 aliphatic heterocycles. The summed E-state index contributed by atoms with van der Waals surface area (Å²) in [5, 5.41) is 11.4. The molecule has 0 saturated carbocycles. The molecule has 1 fully saturated rings. The molecule has 226 valence electrons. The Balaban J connectivity index is 1.41. The minimum atomic E-state index is -4.68. The van der Waals surface area contributed by atoms with Crippen molar-refractivity contribution in [3.8, 4) is 11.5 Å². The monoisotopic (exact) mass is 641 g/mol. The molecule has 3 atom stereocenters. The smallest absolute Gasteiger partial charge is 0.416 e. The zero-order valence-electron chi connectivity index (χ0n) is 22.7. The third-order valence-corrected chi connectivity index (χ3v) is 10.0. The van der Waals surface area contributed by atoms with E-state index in [1.165, 1.54) is 42.0 Å². The molecular weight excluding hydrogens is 619 g/mol. The molecule has 0 aliphatic carbocycles. The number of thiazole rings is 1. The van der Waals surface area contributed by atoms with Crippen molar-refractivity contribution in [2.45, 2.75) is 28.9 Å². The van der Waals surface area contributed by atoms with E-state index in [2.05, 4.69) is 5.32 Å². The van der Waals surface area contributed by atoms with Crippen LogP contribution in [0.2, 0.25) is 0 Å². The highest BCUT2D eigenvalue weighted by Crippen LogP contribution is 2.54. The first-order chi connectivity index (χ1) is 21.0. The molecule has 3 aromatic carbocycles. The maximum Gasteiger partial charge on any atom is 0.416 e. The normalized spacial score (nSPS) is 19.5. The number of methoxy groups -OCH3 is 1. The molecule has 44 heavy (non-hydrogen) atoms. The number of thioether (sulfide) groups is 1. The number of ether oxygens (including phenoxy) is 1. The number of anilines is 2. The second-order valence-corrected chi connectivity index (χ2v) is 12.2. The molecule has 9 nitrogen and oxygen atoms in total. The summed E-state index contributed by atoms with van der Waals surface area (Å²) in [7, 11) is 1.49. The lowest BCUT2D eigenvalue weighted by Crippen LogP contribution is -2.33. The number of fused-ring (bicyclic) bond motifs is 2. The van der Waals surface area contributed by atoms with Crippen LogP contribution in [0.4, 0.5) is 24.5 Å². The van der Waals surface area contributed by atoms with Crippen LogP contribution in [0.1, 0.15) is 21.9 Å². The van der Waals surface area contributed by atoms with Crippen LogP contribution in [0, 0.1) is 5.92 Å². The van der Waals surface area contributed by atoms with Crippen molar-refractivity contribution in [1.82, 2.24) is 4.57 Å². The number of carbonyl (C=O) groups excluding carboxylic acids is 3. The van der Waals surface area contributed by atoms with Gasteiger partial charge in [-0.3, -0.25) is 23.7 Å². The number of carbonyl (C=O) groups is 3. The Kier molecular flexibility index (Phi) is 7.49. The van der Waals surface area contributed by atoms with Gasteiger partial charge in [0, 0.05) is 16.5 Å². The Labute approximate surface area is 255 Å². The fourth-order valence-corrected chi connectivity index (χ4v) is 8.16. The minimum Gasteiger partial charge on any atom is -0.508 e. The third kappa shape index (κ3) is 5.24. The molecule has 1 saturated heterocycles. The zero-order valence-corrected chi connectivity index (χ0v) is 24.3. The molecule has 1 aromatic heterocycles. The van der Waals surface area contributed by atoms with Crippen molar-refractivity contribution in [3.05, 3.63) is 98.5 Å². The number of halogens is 3. The van der Waals surface area contributed by atoms with E-state index < -0.39 is 58.0 Å². The Morgan fingerprint density at radius 1 is 1.00 bits per heavy atom. The number of hydrogen-bond acceptors (Lipinski definition) is 8. The van der Waals surface area contributed by atoms with Crippen molar-refractivity contribution in [2.75, 3.05) is 17.3 Å². The molecular formula is C30H22F3N3O6S2. The van der Waals surface area contributed by atoms with Crippen LogP contribution in [0.15, 0.2) is 82.6 Å². The van der Waals surface area contributed by atoms with Crippen LogP contribution in [0.5, 0.6) is 11.5 Å². The number of nitrogens with zero attached hydrogens (tertiary/aromatic N) is 2. The first-order valence-corrected chi connectivity index (χ1v) is 14.8. The first kappa shape index (κ1) is 29.5. The number of rotatable bonds is 6. The number of benzene rings is 3. The maximum absolute atomic E-state index is 13.9. The summed E-state index contributed by atoms with van der Waals surface area (Å²) in [5.41, 5.74) is -0.219. The van der Waals surface area contributed by atoms with E-state index in [1.807, 2.05) is 0 Å². The van der Waals surface area contributed by atoms with Crippen LogP contribution < -0.4 is 19.8 Å². The highest BCUT2D eigenvalue weighted by atomic mass is 32.2. The number of amides is 3. The van der Waals surface area contributed by atoms with Crippen molar-refractivity contribution in [3.63, 3.8) is 0 Å². The molecule has 3 heterocycles. The average Bonchev–Trinajstić information content (AvgIpc) is 3.44. The van der Waals surface area contributed by atoms with Gasteiger partial charge in [-0.2, -0.15) is 13.2 Å². The molecule has 2 N–H and O–H groups in total. The average molecular weight is 642 g/mol. The number of hydrogen-bond donors (Lipinski definition) is 2. The van der Waals surface area contributed by atoms with Gasteiger partial charge >= 0.3 is 11.0 Å². The van der Waals surface area contributed by atoms with Gasteiger partial charge in [-0.1, -0.05) is 41.3 Å². The van der Waals surface area contributed by atoms with E-state index in [4.69, 9.17) is 4.74 Å². The van der Waals surface area contributed by atoms with E-state index in [9.17, 15) is 37.5 Å². The highest BCUT2D eigenvalue weighted by molar-refractivity contribution is 8.00. The lowest BCUT2D eigenvalue weighted by atomic mass is 9.83. The SMILES string of the molecule is COc1ccc(C2c3sc(=O)n(CC(=O)Nc4ccc(O)cc4)c3SC3C(=O)N(c4cccc(C(F)(F)F)c4)C(=O)C32)cc1. The largest absolute Gasteiger partial charge is 0.508 e. The molecule has 0 radical (unpaired) electrons. The van der Waals surface area contributed by atoms with Gasteiger partial charge in [0.15, 0.2) is 0 Å². The fraction of sp³-hybridized carbons (Fsp3) is 0.200. The van der Waals surface area contributed by atoms with Gasteiger partial charge < -0.3 is 15.2 Å². The molecule has 4 aromatic rings. The van der Waals surface area contributed by atoms with Gasteiger partial charge in [0.2, 0.25) is 17.7 Å². The van der Waals surface area contributed by atoms with Gasteiger partial charge in [0.1, 0.15) is 23.3 Å². The summed E-state index contributed by atoms with van der Waals surface area (Å²) in [6.45, 7) is -0.398. The van der Waals surface area contributed by atoms with E-state index in [1.54, 1.807) is 24.3 Å². The summed E-state index contributed by atoms with van der Waals surface area (Å²) in [4.78, 5) is 54.7. The van der Waals surface area contributed by atoms with Crippen molar-refractivity contribution in [2.24, 2.45) is 5.92 Å². The molecule has 3 amide bonds. The zero-order chi connectivity index (χ0) is 31.3. The minimum absolute atomic E-state index is 0.0107. The van der Waals surface area contributed by atoms with Crippen LogP contribution in [-0.2, 0) is 27.1 Å². The number of aromatic hydroxyl groups is 1. The van der Waals surface area contributed by atoms with Crippen LogP contribution >= 0.6 is 23.1 Å². The summed E-state index contributed by atoms with van der Waals surface area (Å²) >= 11 is 1.80. The van der Waals surface area contributed by atoms with Gasteiger partial charge in [0.05, 0.1) is 29.3 Å². The summed E-state index contributed by atoms with van der Waals surface area (Å²) < 4.78 is 47.0. The third-order valence-electron chi connectivity index (χ3n) is 7.41. The fourth-order valence-electron chi connectivity index (χ4n) is 5.39. The Morgan fingerprint density at radius 3 is 2.36 bits per heavy atom. The van der Waals surface area contributed by atoms with Gasteiger partial charge in [0.25, 0.3) is 0 Å². The van der Waals surface area contributed by atoms with Gasteiger partial charge in [-0.25, -0.2) is 4.90 Å². The molecule has 3 unspecified atom stereocenters. The number of imide groups is 1. The molecule has 14 heteroatoms. The summed E-state index contributed by atoms with van der Waals surface area (Å²) in [6.07, 6.45) is -4.68. The van der Waals surface area contributed by atoms with Crippen LogP contribution in [-0.4, -0.2) is 39.8 Å². The Morgan fingerprint density at radius 2 is 1.70 bits per heavy atom. The topological polar surface area (TPSA) is 118 Å². The second kappa shape index (κ2) is 11.2.